The minimum Gasteiger partial charge on any atom is -0.0620 e. The molecule has 1 aliphatic carbocycles. The predicted octanol–water partition coefficient (Wildman–Crippen LogP) is 3.96. The summed E-state index contributed by atoms with van der Waals surface area (Å²) in [4.78, 5) is 0. The van der Waals surface area contributed by atoms with Crippen molar-refractivity contribution in [2.45, 2.75) is 48.5 Å². The van der Waals surface area contributed by atoms with Gasteiger partial charge in [-0.3, -0.25) is 0 Å². The quantitative estimate of drug-likeness (QED) is 0.513. The van der Waals surface area contributed by atoms with E-state index in [-0.39, 0.29) is 0 Å². The molecule has 0 heterocycles. The molecule has 1 rings (SSSR count). The van der Waals surface area contributed by atoms with Gasteiger partial charge >= 0.3 is 0 Å². The van der Waals surface area contributed by atoms with Crippen molar-refractivity contribution >= 4 is 0 Å². The van der Waals surface area contributed by atoms with Gasteiger partial charge in [-0.05, 0) is 28.6 Å². The molecule has 0 aromatic carbocycles. The van der Waals surface area contributed by atoms with Crippen LogP contribution in [0.3, 0.4) is 0 Å². The summed E-state index contributed by atoms with van der Waals surface area (Å²) in [5.41, 5.74) is 0.984. The number of hydrogen-bond acceptors (Lipinski definition) is 0. The van der Waals surface area contributed by atoms with E-state index in [1.165, 1.54) is 0 Å². The normalized spacial score (nSPS) is 44.8. The molecule has 0 aliphatic heterocycles. The fraction of sp³-hybridized carbons (Fsp3) is 1.00. The van der Waals surface area contributed by atoms with Gasteiger partial charge in [0.25, 0.3) is 0 Å². The third-order valence-electron chi connectivity index (χ3n) is 5.51. The van der Waals surface area contributed by atoms with Gasteiger partial charge in [-0.2, -0.15) is 0 Å². The first-order chi connectivity index (χ1) is 5.23. The van der Waals surface area contributed by atoms with Gasteiger partial charge in [-0.1, -0.05) is 48.5 Å². The zero-order valence-electron chi connectivity index (χ0n) is 9.73. The van der Waals surface area contributed by atoms with Crippen molar-refractivity contribution in [2.24, 2.45) is 28.6 Å². The molecule has 1 saturated carbocycles. The lowest BCUT2D eigenvalue weighted by molar-refractivity contribution is 0.0887. The Kier molecular flexibility index (Phi) is 2.10. The van der Waals surface area contributed by atoms with Crippen molar-refractivity contribution in [1.82, 2.24) is 0 Å². The molecule has 0 nitrogen and oxygen atoms in total. The number of rotatable bonds is 0. The lowest BCUT2D eigenvalue weighted by Gasteiger charge is -2.40. The Morgan fingerprint density at radius 1 is 0.667 bits per heavy atom. The van der Waals surface area contributed by atoms with E-state index < -0.39 is 0 Å². The summed E-state index contributed by atoms with van der Waals surface area (Å²) in [7, 11) is 0. The Morgan fingerprint density at radius 2 is 0.917 bits per heavy atom. The van der Waals surface area contributed by atoms with Crippen molar-refractivity contribution in [3.8, 4) is 0 Å². The van der Waals surface area contributed by atoms with E-state index in [1.807, 2.05) is 0 Å². The highest BCUT2D eigenvalue weighted by molar-refractivity contribution is 5.02. The largest absolute Gasteiger partial charge is 0.0620 e. The van der Waals surface area contributed by atoms with E-state index in [0.717, 1.165) is 17.8 Å². The van der Waals surface area contributed by atoms with Crippen LogP contribution in [0.2, 0.25) is 0 Å². The second-order valence-electron chi connectivity index (χ2n) is 5.88. The van der Waals surface area contributed by atoms with Crippen LogP contribution >= 0.6 is 0 Å². The second kappa shape index (κ2) is 2.49. The van der Waals surface area contributed by atoms with E-state index >= 15 is 0 Å². The van der Waals surface area contributed by atoms with Gasteiger partial charge in [0.2, 0.25) is 0 Å². The summed E-state index contributed by atoms with van der Waals surface area (Å²) in [6, 6.07) is 0. The average molecular weight is 168 g/mol. The standard InChI is InChI=1S/C12H24/c1-8-9(2)11(4,5)12(6,7)10(8)3/h8-10H,1-7H3. The van der Waals surface area contributed by atoms with Gasteiger partial charge in [0.1, 0.15) is 0 Å². The molecule has 0 radical (unpaired) electrons. The molecule has 0 aromatic rings. The maximum Gasteiger partial charge on any atom is -0.0272 e. The first kappa shape index (κ1) is 10.1. The van der Waals surface area contributed by atoms with Crippen LogP contribution in [0.15, 0.2) is 0 Å². The molecule has 0 amide bonds. The van der Waals surface area contributed by atoms with Gasteiger partial charge in [0.05, 0.1) is 0 Å². The summed E-state index contributed by atoms with van der Waals surface area (Å²) < 4.78 is 0. The van der Waals surface area contributed by atoms with Gasteiger partial charge in [0.15, 0.2) is 0 Å². The predicted molar refractivity (Wildman–Crippen MR) is 55.1 cm³/mol. The fourth-order valence-corrected chi connectivity index (χ4v) is 2.92. The minimum absolute atomic E-state index is 0.492. The number of hydrogen-bond donors (Lipinski definition) is 0. The van der Waals surface area contributed by atoms with Crippen LogP contribution in [-0.4, -0.2) is 0 Å². The van der Waals surface area contributed by atoms with Gasteiger partial charge in [-0.25, -0.2) is 0 Å². The Hall–Kier alpha value is 0. The van der Waals surface area contributed by atoms with Crippen LogP contribution in [0.5, 0.6) is 0 Å². The van der Waals surface area contributed by atoms with Gasteiger partial charge in [0, 0.05) is 0 Å². The van der Waals surface area contributed by atoms with Crippen LogP contribution in [0.4, 0.5) is 0 Å². The molecule has 0 N–H and O–H groups in total. The smallest absolute Gasteiger partial charge is 0.0272 e. The lowest BCUT2D eigenvalue weighted by atomic mass is 9.65. The molecule has 0 saturated heterocycles. The molecule has 0 aromatic heterocycles. The van der Waals surface area contributed by atoms with Crippen LogP contribution in [0.25, 0.3) is 0 Å². The van der Waals surface area contributed by atoms with Crippen molar-refractivity contribution in [2.75, 3.05) is 0 Å². The first-order valence-corrected chi connectivity index (χ1v) is 5.23. The van der Waals surface area contributed by atoms with E-state index in [2.05, 4.69) is 48.5 Å². The SMILES string of the molecule is CC1C(C)C(C)(C)C(C)(C)C1C. The van der Waals surface area contributed by atoms with Crippen molar-refractivity contribution in [3.63, 3.8) is 0 Å². The molecule has 1 aliphatic rings. The molecular formula is C12H24. The van der Waals surface area contributed by atoms with E-state index in [0.29, 0.717) is 10.8 Å². The third-order valence-corrected chi connectivity index (χ3v) is 5.51. The Bertz CT molecular complexity index is 156. The van der Waals surface area contributed by atoms with Crippen LogP contribution in [-0.2, 0) is 0 Å². The summed E-state index contributed by atoms with van der Waals surface area (Å²) in [6.45, 7) is 16.9. The highest BCUT2D eigenvalue weighted by Crippen LogP contribution is 2.60. The zero-order chi connectivity index (χ0) is 9.73. The van der Waals surface area contributed by atoms with E-state index in [9.17, 15) is 0 Å². The molecule has 2 unspecified atom stereocenters. The molecular weight excluding hydrogens is 144 g/mol. The van der Waals surface area contributed by atoms with Crippen LogP contribution < -0.4 is 0 Å². The summed E-state index contributed by atoms with van der Waals surface area (Å²) in [6.07, 6.45) is 0. The maximum atomic E-state index is 2.43. The minimum atomic E-state index is 0.492. The summed E-state index contributed by atoms with van der Waals surface area (Å²) >= 11 is 0. The van der Waals surface area contributed by atoms with Crippen LogP contribution in [0, 0.1) is 28.6 Å². The molecule has 72 valence electrons. The average Bonchev–Trinajstić information content (AvgIpc) is 2.05. The topological polar surface area (TPSA) is 0 Å². The zero-order valence-corrected chi connectivity index (χ0v) is 9.73. The first-order valence-electron chi connectivity index (χ1n) is 5.23. The molecule has 0 heteroatoms. The maximum absolute atomic E-state index is 2.43. The second-order valence-corrected chi connectivity index (χ2v) is 5.88. The van der Waals surface area contributed by atoms with Crippen molar-refractivity contribution < 1.29 is 0 Å². The highest BCUT2D eigenvalue weighted by atomic mass is 14.6. The summed E-state index contributed by atoms with van der Waals surface area (Å²) in [5, 5.41) is 0. The summed E-state index contributed by atoms with van der Waals surface area (Å²) in [5.74, 6) is 2.57. The van der Waals surface area contributed by atoms with E-state index in [1.54, 1.807) is 0 Å². The Labute approximate surface area is 77.7 Å². The fourth-order valence-electron chi connectivity index (χ4n) is 2.92. The van der Waals surface area contributed by atoms with Crippen LogP contribution in [0.1, 0.15) is 48.5 Å². The monoisotopic (exact) mass is 168 g/mol. The molecule has 0 spiro atoms. The molecule has 2 atom stereocenters. The Balaban J connectivity index is 3.06. The van der Waals surface area contributed by atoms with Crippen molar-refractivity contribution in [1.29, 1.82) is 0 Å². The van der Waals surface area contributed by atoms with Gasteiger partial charge in [-0.15, -0.1) is 0 Å². The third kappa shape index (κ3) is 0.963. The molecule has 1 fully saturated rings. The highest BCUT2D eigenvalue weighted by Gasteiger charge is 2.54. The molecule has 0 bridgehead atoms. The lowest BCUT2D eigenvalue weighted by Crippen LogP contribution is -2.33. The Morgan fingerprint density at radius 3 is 1.00 bits per heavy atom. The van der Waals surface area contributed by atoms with Crippen molar-refractivity contribution in [3.05, 3.63) is 0 Å². The molecule has 12 heavy (non-hydrogen) atoms. The van der Waals surface area contributed by atoms with E-state index in [4.69, 9.17) is 0 Å². The van der Waals surface area contributed by atoms with Gasteiger partial charge < -0.3 is 0 Å².